The van der Waals surface area contributed by atoms with E-state index in [4.69, 9.17) is 0 Å². The van der Waals surface area contributed by atoms with E-state index >= 15 is 0 Å². The Morgan fingerprint density at radius 1 is 1.18 bits per heavy atom. The number of halogens is 1. The molecule has 0 unspecified atom stereocenters. The first kappa shape index (κ1) is 14.3. The summed E-state index contributed by atoms with van der Waals surface area (Å²) < 4.78 is 15.5. The van der Waals surface area contributed by atoms with E-state index in [2.05, 4.69) is 4.98 Å². The lowest BCUT2D eigenvalue weighted by atomic mass is 10.2. The van der Waals surface area contributed by atoms with Gasteiger partial charge in [0.25, 0.3) is 0 Å². The van der Waals surface area contributed by atoms with E-state index in [-0.39, 0.29) is 11.6 Å². The van der Waals surface area contributed by atoms with Crippen LogP contribution in [0.15, 0.2) is 30.6 Å². The highest BCUT2D eigenvalue weighted by Crippen LogP contribution is 2.28. The molecule has 0 aliphatic carbocycles. The summed E-state index contributed by atoms with van der Waals surface area (Å²) in [7, 11) is 1.73. The summed E-state index contributed by atoms with van der Waals surface area (Å²) >= 11 is 0. The lowest BCUT2D eigenvalue weighted by Gasteiger charge is -2.36. The number of benzene rings is 1. The molecule has 116 valence electrons. The molecule has 8 heteroatoms. The van der Waals surface area contributed by atoms with Gasteiger partial charge in [-0.2, -0.15) is 0 Å². The van der Waals surface area contributed by atoms with Crippen molar-refractivity contribution in [1.82, 2.24) is 9.55 Å². The van der Waals surface area contributed by atoms with Gasteiger partial charge in [-0.15, -0.1) is 0 Å². The molecule has 22 heavy (non-hydrogen) atoms. The molecule has 0 radical (unpaired) electrons. The van der Waals surface area contributed by atoms with E-state index in [1.807, 2.05) is 9.80 Å². The third-order valence-corrected chi connectivity index (χ3v) is 3.83. The summed E-state index contributed by atoms with van der Waals surface area (Å²) in [6.07, 6.45) is 1.44. The molecule has 0 bridgehead atoms. The average Bonchev–Trinajstić information content (AvgIpc) is 2.90. The average molecular weight is 305 g/mol. The number of aromatic nitrogens is 2. The van der Waals surface area contributed by atoms with Gasteiger partial charge in [0.2, 0.25) is 12.1 Å². The number of aryl methyl sites for hydroxylation is 1. The van der Waals surface area contributed by atoms with Crippen molar-refractivity contribution < 1.29 is 9.31 Å². The van der Waals surface area contributed by atoms with Crippen molar-refractivity contribution in [2.45, 2.75) is 0 Å². The molecular weight excluding hydrogens is 289 g/mol. The zero-order chi connectivity index (χ0) is 15.7. The maximum Gasteiger partial charge on any atom is 0.406 e. The molecule has 2 heterocycles. The monoisotopic (exact) mass is 305 g/mol. The van der Waals surface area contributed by atoms with Gasteiger partial charge in [0, 0.05) is 33.2 Å². The van der Waals surface area contributed by atoms with Crippen LogP contribution in [0.25, 0.3) is 0 Å². The summed E-state index contributed by atoms with van der Waals surface area (Å²) in [5.41, 5.74) is 0.571. The SMILES string of the molecule is Cn1cnc([N+](=O)[O-])c1N1CCN(c2ccccc2F)CC1. The van der Waals surface area contributed by atoms with Crippen LogP contribution in [0, 0.1) is 15.9 Å². The molecule has 1 aromatic carbocycles. The topological polar surface area (TPSA) is 67.4 Å². The van der Waals surface area contributed by atoms with Gasteiger partial charge in [-0.25, -0.2) is 4.39 Å². The molecule has 3 rings (SSSR count). The van der Waals surface area contributed by atoms with E-state index in [1.165, 1.54) is 12.4 Å². The van der Waals surface area contributed by atoms with Gasteiger partial charge in [-0.1, -0.05) is 12.1 Å². The Morgan fingerprint density at radius 3 is 2.45 bits per heavy atom. The molecule has 1 aliphatic heterocycles. The first-order valence-electron chi connectivity index (χ1n) is 6.98. The van der Waals surface area contributed by atoms with Gasteiger partial charge < -0.3 is 19.9 Å². The van der Waals surface area contributed by atoms with Gasteiger partial charge >= 0.3 is 5.82 Å². The Morgan fingerprint density at radius 2 is 1.82 bits per heavy atom. The van der Waals surface area contributed by atoms with Crippen molar-refractivity contribution in [3.05, 3.63) is 46.5 Å². The van der Waals surface area contributed by atoms with Crippen LogP contribution in [0.3, 0.4) is 0 Å². The van der Waals surface area contributed by atoms with Gasteiger partial charge in [-0.3, -0.25) is 4.57 Å². The Kier molecular flexibility index (Phi) is 3.66. The van der Waals surface area contributed by atoms with Gasteiger partial charge in [0.15, 0.2) is 0 Å². The second-order valence-electron chi connectivity index (χ2n) is 5.19. The number of para-hydroxylation sites is 1. The number of piperazine rings is 1. The molecule has 1 aliphatic rings. The number of rotatable bonds is 3. The fraction of sp³-hybridized carbons (Fsp3) is 0.357. The molecule has 1 aromatic heterocycles. The molecule has 2 aromatic rings. The van der Waals surface area contributed by atoms with E-state index in [0.29, 0.717) is 37.7 Å². The highest BCUT2D eigenvalue weighted by Gasteiger charge is 2.28. The van der Waals surface area contributed by atoms with Crippen LogP contribution in [-0.2, 0) is 7.05 Å². The number of imidazole rings is 1. The molecule has 0 amide bonds. The smallest absolute Gasteiger partial charge is 0.366 e. The standard InChI is InChI=1S/C14H16FN5O2/c1-17-10-16-13(20(21)22)14(17)19-8-6-18(7-9-19)12-5-3-2-4-11(12)15/h2-5,10H,6-9H2,1H3. The number of anilines is 2. The predicted molar refractivity (Wildman–Crippen MR) is 80.7 cm³/mol. The fourth-order valence-corrected chi connectivity index (χ4v) is 2.77. The van der Waals surface area contributed by atoms with Crippen LogP contribution in [0.5, 0.6) is 0 Å². The molecular formula is C14H16FN5O2. The number of hydrogen-bond donors (Lipinski definition) is 0. The number of nitrogens with zero attached hydrogens (tertiary/aromatic N) is 5. The van der Waals surface area contributed by atoms with Crippen molar-refractivity contribution in [3.8, 4) is 0 Å². The second kappa shape index (κ2) is 5.63. The molecule has 7 nitrogen and oxygen atoms in total. The van der Waals surface area contributed by atoms with Crippen molar-refractivity contribution in [2.24, 2.45) is 7.05 Å². The van der Waals surface area contributed by atoms with Crippen LogP contribution in [0.2, 0.25) is 0 Å². The third-order valence-electron chi connectivity index (χ3n) is 3.83. The van der Waals surface area contributed by atoms with Gasteiger partial charge in [-0.05, 0) is 22.0 Å². The molecule has 0 spiro atoms. The van der Waals surface area contributed by atoms with E-state index in [1.54, 1.807) is 29.8 Å². The van der Waals surface area contributed by atoms with Crippen molar-refractivity contribution in [2.75, 3.05) is 36.0 Å². The van der Waals surface area contributed by atoms with Crippen molar-refractivity contribution in [1.29, 1.82) is 0 Å². The normalized spacial score (nSPS) is 15.2. The van der Waals surface area contributed by atoms with Crippen LogP contribution in [-0.4, -0.2) is 40.7 Å². The minimum atomic E-state index is -0.474. The quantitative estimate of drug-likeness (QED) is 0.639. The molecule has 1 fully saturated rings. The van der Waals surface area contributed by atoms with Gasteiger partial charge in [0.1, 0.15) is 5.82 Å². The first-order valence-corrected chi connectivity index (χ1v) is 6.98. The minimum Gasteiger partial charge on any atom is -0.366 e. The minimum absolute atomic E-state index is 0.137. The van der Waals surface area contributed by atoms with Crippen LogP contribution >= 0.6 is 0 Å². The van der Waals surface area contributed by atoms with E-state index in [9.17, 15) is 14.5 Å². The highest BCUT2D eigenvalue weighted by atomic mass is 19.1. The Hall–Kier alpha value is -2.64. The lowest BCUT2D eigenvalue weighted by molar-refractivity contribution is -0.388. The Balaban J connectivity index is 1.77. The largest absolute Gasteiger partial charge is 0.406 e. The van der Waals surface area contributed by atoms with Gasteiger partial charge in [0.05, 0.1) is 5.69 Å². The zero-order valence-electron chi connectivity index (χ0n) is 12.1. The highest BCUT2D eigenvalue weighted by molar-refractivity contribution is 5.57. The summed E-state index contributed by atoms with van der Waals surface area (Å²) in [6, 6.07) is 6.65. The number of nitro groups is 1. The Labute approximate surface area is 126 Å². The summed E-state index contributed by atoms with van der Waals surface area (Å²) in [4.78, 5) is 18.3. The van der Waals surface area contributed by atoms with Crippen LogP contribution < -0.4 is 9.80 Å². The maximum atomic E-state index is 13.8. The first-order chi connectivity index (χ1) is 10.6. The fourth-order valence-electron chi connectivity index (χ4n) is 2.77. The second-order valence-corrected chi connectivity index (χ2v) is 5.19. The summed E-state index contributed by atoms with van der Waals surface area (Å²) in [6.45, 7) is 2.36. The number of hydrogen-bond acceptors (Lipinski definition) is 5. The van der Waals surface area contributed by atoms with E-state index in [0.717, 1.165) is 0 Å². The third kappa shape index (κ3) is 2.47. The summed E-state index contributed by atoms with van der Waals surface area (Å²) in [5, 5.41) is 11.1. The van der Waals surface area contributed by atoms with Crippen LogP contribution in [0.4, 0.5) is 21.7 Å². The van der Waals surface area contributed by atoms with Crippen LogP contribution in [0.1, 0.15) is 0 Å². The van der Waals surface area contributed by atoms with Crippen molar-refractivity contribution >= 4 is 17.3 Å². The maximum absolute atomic E-state index is 13.8. The zero-order valence-corrected chi connectivity index (χ0v) is 12.1. The predicted octanol–water partition coefficient (Wildman–Crippen LogP) is 1.79. The molecule has 0 atom stereocenters. The molecule has 0 N–H and O–H groups in total. The van der Waals surface area contributed by atoms with Crippen molar-refractivity contribution in [3.63, 3.8) is 0 Å². The molecule has 1 saturated heterocycles. The lowest BCUT2D eigenvalue weighted by Crippen LogP contribution is -2.47. The molecule has 0 saturated carbocycles. The van der Waals surface area contributed by atoms with E-state index < -0.39 is 4.92 Å². The Bertz CT molecular complexity index is 694. The summed E-state index contributed by atoms with van der Waals surface area (Å²) in [5.74, 6) is 0.113.